The number of nitrogens with zero attached hydrogens (tertiary/aromatic N) is 4. The maximum absolute atomic E-state index is 13.6. The van der Waals surface area contributed by atoms with Crippen molar-refractivity contribution in [3.8, 4) is 28.8 Å². The highest BCUT2D eigenvalue weighted by Gasteiger charge is 2.36. The van der Waals surface area contributed by atoms with Gasteiger partial charge in [0, 0.05) is 22.9 Å². The second-order valence-corrected chi connectivity index (χ2v) is 9.89. The van der Waals surface area contributed by atoms with E-state index in [-0.39, 0.29) is 17.7 Å². The highest BCUT2D eigenvalue weighted by atomic mass is 16.5. The van der Waals surface area contributed by atoms with Crippen molar-refractivity contribution in [3.63, 3.8) is 0 Å². The van der Waals surface area contributed by atoms with Crippen molar-refractivity contribution >= 4 is 17.9 Å². The Hall–Kier alpha value is -5.16. The number of carbonyl (C=O) groups excluding carboxylic acids is 2. The molecule has 1 aliphatic heterocycles. The predicted molar refractivity (Wildman–Crippen MR) is 150 cm³/mol. The Morgan fingerprint density at radius 3 is 2.42 bits per heavy atom. The molecular formula is C32H28N4O4. The lowest BCUT2D eigenvalue weighted by molar-refractivity contribution is -0.141. The molecule has 0 unspecified atom stereocenters. The first kappa shape index (κ1) is 26.4. The molecule has 8 heteroatoms. The van der Waals surface area contributed by atoms with E-state index in [2.05, 4.69) is 13.8 Å². The van der Waals surface area contributed by atoms with Gasteiger partial charge in [0.05, 0.1) is 30.8 Å². The summed E-state index contributed by atoms with van der Waals surface area (Å²) in [5, 5.41) is 14.6. The summed E-state index contributed by atoms with van der Waals surface area (Å²) in [6.45, 7) is 6.34. The van der Waals surface area contributed by atoms with E-state index < -0.39 is 11.8 Å². The Kier molecular flexibility index (Phi) is 7.47. The molecular weight excluding hydrogens is 504 g/mol. The van der Waals surface area contributed by atoms with Crippen LogP contribution in [0.3, 0.4) is 0 Å². The number of imide groups is 1. The summed E-state index contributed by atoms with van der Waals surface area (Å²) in [7, 11) is 0. The van der Waals surface area contributed by atoms with Crippen molar-refractivity contribution in [2.75, 3.05) is 6.61 Å². The van der Waals surface area contributed by atoms with Crippen LogP contribution in [0.4, 0.5) is 0 Å². The van der Waals surface area contributed by atoms with E-state index in [1.807, 2.05) is 66.9 Å². The van der Waals surface area contributed by atoms with Crippen LogP contribution in [0.25, 0.3) is 23.0 Å². The number of furan rings is 1. The molecule has 5 rings (SSSR count). The summed E-state index contributed by atoms with van der Waals surface area (Å²) in [6, 6.07) is 22.6. The van der Waals surface area contributed by atoms with E-state index in [0.29, 0.717) is 35.1 Å². The van der Waals surface area contributed by atoms with Crippen molar-refractivity contribution in [1.29, 1.82) is 5.26 Å². The average molecular weight is 533 g/mol. The zero-order valence-electron chi connectivity index (χ0n) is 22.5. The maximum Gasteiger partial charge on any atom is 0.272 e. The highest BCUT2D eigenvalue weighted by Crippen LogP contribution is 2.32. The van der Waals surface area contributed by atoms with E-state index in [9.17, 15) is 14.9 Å². The summed E-state index contributed by atoms with van der Waals surface area (Å²) >= 11 is 0. The van der Waals surface area contributed by atoms with E-state index in [0.717, 1.165) is 21.9 Å². The van der Waals surface area contributed by atoms with Crippen LogP contribution in [0.5, 0.6) is 5.75 Å². The van der Waals surface area contributed by atoms with E-state index in [4.69, 9.17) is 14.3 Å². The number of hydrogen-bond donors (Lipinski definition) is 0. The number of benzene rings is 2. The van der Waals surface area contributed by atoms with Gasteiger partial charge in [0.2, 0.25) is 0 Å². The van der Waals surface area contributed by atoms with Gasteiger partial charge in [-0.3, -0.25) is 14.5 Å². The van der Waals surface area contributed by atoms with Gasteiger partial charge in [-0.1, -0.05) is 32.0 Å². The number of para-hydroxylation sites is 1. The largest absolute Gasteiger partial charge is 0.493 e. The molecule has 40 heavy (non-hydrogen) atoms. The molecule has 0 spiro atoms. The molecule has 2 aromatic heterocycles. The molecule has 2 amide bonds. The first-order valence-electron chi connectivity index (χ1n) is 13.0. The molecule has 0 N–H and O–H groups in total. The van der Waals surface area contributed by atoms with Crippen molar-refractivity contribution in [2.24, 2.45) is 5.92 Å². The van der Waals surface area contributed by atoms with Crippen molar-refractivity contribution in [2.45, 2.75) is 27.3 Å². The summed E-state index contributed by atoms with van der Waals surface area (Å²) < 4.78 is 12.9. The van der Waals surface area contributed by atoms with Gasteiger partial charge >= 0.3 is 0 Å². The molecule has 3 heterocycles. The Morgan fingerprint density at radius 1 is 1.02 bits per heavy atom. The normalized spacial score (nSPS) is 14.8. The first-order valence-corrected chi connectivity index (χ1v) is 13.0. The lowest BCUT2D eigenvalue weighted by Gasteiger charge is -2.26. The van der Waals surface area contributed by atoms with Gasteiger partial charge in [-0.05, 0) is 73.0 Å². The van der Waals surface area contributed by atoms with Crippen molar-refractivity contribution in [1.82, 2.24) is 14.7 Å². The monoisotopic (exact) mass is 532 g/mol. The summed E-state index contributed by atoms with van der Waals surface area (Å²) in [4.78, 5) is 27.7. The van der Waals surface area contributed by atoms with Crippen LogP contribution in [0.1, 0.15) is 32.1 Å². The molecule has 0 aliphatic carbocycles. The van der Waals surface area contributed by atoms with Crippen molar-refractivity contribution < 1.29 is 18.7 Å². The van der Waals surface area contributed by atoms with Crippen LogP contribution >= 0.6 is 0 Å². The van der Waals surface area contributed by atoms with Crippen LogP contribution in [-0.4, -0.2) is 33.1 Å². The number of ether oxygens (including phenoxy) is 1. The van der Waals surface area contributed by atoms with Gasteiger partial charge in [0.25, 0.3) is 11.8 Å². The molecule has 0 bridgehead atoms. The lowest BCUT2D eigenvalue weighted by Crippen LogP contribution is -2.42. The molecule has 200 valence electrons. The molecule has 1 aliphatic rings. The molecule has 0 radical (unpaired) electrons. The van der Waals surface area contributed by atoms with Crippen LogP contribution in [0, 0.1) is 17.2 Å². The smallest absolute Gasteiger partial charge is 0.272 e. The summed E-state index contributed by atoms with van der Waals surface area (Å²) in [6.07, 6.45) is 5.00. The second kappa shape index (κ2) is 11.3. The van der Waals surface area contributed by atoms with Gasteiger partial charge in [-0.15, -0.1) is 0 Å². The third kappa shape index (κ3) is 5.36. The Morgan fingerprint density at radius 2 is 1.77 bits per heavy atom. The molecule has 4 aromatic rings. The molecule has 0 saturated carbocycles. The molecule has 8 nitrogen and oxygen atoms in total. The topological polar surface area (TPSA) is 101 Å². The molecule has 0 saturated heterocycles. The SMILES string of the molecule is CC1=C(C#N)C(=O)N(Cc2ccco2)C(=O)/C1=C/c1cn(-c2ccccc2)nc1-c1ccc(OCC(C)C)cc1. The van der Waals surface area contributed by atoms with E-state index in [1.54, 1.807) is 29.8 Å². The number of amides is 2. The average Bonchev–Trinajstić information content (AvgIpc) is 3.64. The number of aromatic nitrogens is 2. The Bertz CT molecular complexity index is 1640. The third-order valence-corrected chi connectivity index (χ3v) is 6.49. The summed E-state index contributed by atoms with van der Waals surface area (Å²) in [5.41, 5.74) is 3.46. The quantitative estimate of drug-likeness (QED) is 0.205. The number of carbonyl (C=O) groups is 2. The fourth-order valence-corrected chi connectivity index (χ4v) is 4.39. The van der Waals surface area contributed by atoms with Gasteiger partial charge in [-0.2, -0.15) is 10.4 Å². The lowest BCUT2D eigenvalue weighted by atomic mass is 9.93. The van der Waals surface area contributed by atoms with Gasteiger partial charge in [0.1, 0.15) is 23.2 Å². The van der Waals surface area contributed by atoms with Crippen LogP contribution < -0.4 is 4.74 Å². The summed E-state index contributed by atoms with van der Waals surface area (Å²) in [5.74, 6) is 0.452. The molecule has 0 fully saturated rings. The number of nitriles is 1. The minimum absolute atomic E-state index is 0.0750. The fraction of sp³-hybridized carbons (Fsp3) is 0.188. The van der Waals surface area contributed by atoms with Gasteiger partial charge in [0.15, 0.2) is 0 Å². The van der Waals surface area contributed by atoms with Gasteiger partial charge < -0.3 is 9.15 Å². The highest BCUT2D eigenvalue weighted by molar-refractivity contribution is 6.19. The number of rotatable bonds is 8. The first-order chi connectivity index (χ1) is 19.4. The van der Waals surface area contributed by atoms with Crippen LogP contribution in [0.2, 0.25) is 0 Å². The van der Waals surface area contributed by atoms with Gasteiger partial charge in [-0.25, -0.2) is 4.68 Å². The molecule has 2 aromatic carbocycles. The Labute approximate surface area is 232 Å². The minimum Gasteiger partial charge on any atom is -0.493 e. The predicted octanol–water partition coefficient (Wildman–Crippen LogP) is 5.96. The Balaban J connectivity index is 1.60. The van der Waals surface area contributed by atoms with Crippen LogP contribution in [0.15, 0.2) is 100 Å². The number of hydrogen-bond acceptors (Lipinski definition) is 6. The van der Waals surface area contributed by atoms with E-state index in [1.165, 1.54) is 6.26 Å². The second-order valence-electron chi connectivity index (χ2n) is 9.89. The third-order valence-electron chi connectivity index (χ3n) is 6.49. The van der Waals surface area contributed by atoms with Crippen molar-refractivity contribution in [3.05, 3.63) is 107 Å². The standard InChI is InChI=1S/C32H28N4O4/c1-21(2)20-40-26-13-11-23(12-14-26)30-24(18-36(34-30)25-8-5-4-6-9-25)16-28-22(3)29(17-33)32(38)35(31(28)37)19-27-10-7-15-39-27/h4-16,18,21H,19-20H2,1-3H3/b28-16+. The minimum atomic E-state index is -0.643. The molecule has 0 atom stereocenters. The van der Waals surface area contributed by atoms with Crippen LogP contribution in [-0.2, 0) is 16.1 Å². The zero-order valence-corrected chi connectivity index (χ0v) is 22.5. The van der Waals surface area contributed by atoms with E-state index >= 15 is 0 Å². The fourth-order valence-electron chi connectivity index (χ4n) is 4.39. The zero-order chi connectivity index (χ0) is 28.2. The maximum atomic E-state index is 13.6.